The van der Waals surface area contributed by atoms with Gasteiger partial charge in [0.25, 0.3) is 11.2 Å². The highest BCUT2D eigenvalue weighted by atomic mass is 19.4. The maximum absolute atomic E-state index is 12.7. The van der Waals surface area contributed by atoms with Crippen LogP contribution in [0.1, 0.15) is 11.1 Å². The summed E-state index contributed by atoms with van der Waals surface area (Å²) in [6.07, 6.45) is -26.2. The molecule has 2 nitrogen and oxygen atoms in total. The van der Waals surface area contributed by atoms with Crippen LogP contribution >= 0.6 is 0 Å². The first-order valence-corrected chi connectivity index (χ1v) is 6.04. The molecule has 0 spiro atoms. The first kappa shape index (κ1) is 22.3. The molecule has 0 atom stereocenters. The van der Waals surface area contributed by atoms with Crippen LogP contribution in [0.2, 0.25) is 0 Å². The molecule has 0 aliphatic heterocycles. The number of benzene rings is 1. The molecule has 0 fully saturated rings. The Morgan fingerprint density at radius 3 is 0.923 bits per heavy atom. The molecule has 1 aromatic carbocycles. The Labute approximate surface area is 135 Å². The highest BCUT2D eigenvalue weighted by Gasteiger charge is 2.73. The van der Waals surface area contributed by atoms with Gasteiger partial charge in [0, 0.05) is 11.1 Å². The van der Waals surface area contributed by atoms with Gasteiger partial charge < -0.3 is 10.2 Å². The topological polar surface area (TPSA) is 40.5 Å². The lowest BCUT2D eigenvalue weighted by Crippen LogP contribution is -2.55. The second kappa shape index (κ2) is 5.90. The van der Waals surface area contributed by atoms with Gasteiger partial charge in [-0.25, -0.2) is 0 Å². The van der Waals surface area contributed by atoms with Crippen molar-refractivity contribution in [2.24, 2.45) is 0 Å². The first-order chi connectivity index (χ1) is 11.2. The summed E-state index contributed by atoms with van der Waals surface area (Å²) in [6, 6.07) is -1.26. The van der Waals surface area contributed by atoms with Crippen molar-refractivity contribution in [2.75, 3.05) is 0 Å². The number of alkyl halides is 12. The molecular formula is C12H6F12O2. The van der Waals surface area contributed by atoms with Crippen LogP contribution in [0.3, 0.4) is 0 Å². The van der Waals surface area contributed by atoms with Crippen LogP contribution in [0.25, 0.3) is 0 Å². The highest BCUT2D eigenvalue weighted by Crippen LogP contribution is 2.53. The third-order valence-corrected chi connectivity index (χ3v) is 3.34. The fourth-order valence-corrected chi connectivity index (χ4v) is 1.95. The molecule has 0 unspecified atom stereocenters. The SMILES string of the molecule is OC(c1cccc(C(O)(C(F)(F)F)C(F)(F)F)c1)(C(F)(F)F)C(F)(F)F. The van der Waals surface area contributed by atoms with E-state index in [1.54, 1.807) is 0 Å². The van der Waals surface area contributed by atoms with Crippen molar-refractivity contribution in [3.63, 3.8) is 0 Å². The summed E-state index contributed by atoms with van der Waals surface area (Å²) in [4.78, 5) is 0. The number of halogens is 12. The van der Waals surface area contributed by atoms with Crippen molar-refractivity contribution in [3.8, 4) is 0 Å². The quantitative estimate of drug-likeness (QED) is 0.714. The van der Waals surface area contributed by atoms with E-state index in [1.165, 1.54) is 0 Å². The van der Waals surface area contributed by atoms with E-state index in [9.17, 15) is 52.7 Å². The predicted octanol–water partition coefficient (Wildman–Crippen LogP) is 4.31. The van der Waals surface area contributed by atoms with Crippen LogP contribution in [-0.4, -0.2) is 34.9 Å². The molecule has 1 rings (SSSR count). The summed E-state index contributed by atoms with van der Waals surface area (Å²) < 4.78 is 152. The Balaban J connectivity index is 3.80. The van der Waals surface area contributed by atoms with Crippen LogP contribution in [0, 0.1) is 0 Å². The number of hydrogen-bond acceptors (Lipinski definition) is 2. The van der Waals surface area contributed by atoms with Crippen molar-refractivity contribution in [2.45, 2.75) is 35.9 Å². The van der Waals surface area contributed by atoms with Gasteiger partial charge in [0.15, 0.2) is 0 Å². The second-order valence-corrected chi connectivity index (χ2v) is 4.99. The van der Waals surface area contributed by atoms with E-state index in [0.29, 0.717) is 0 Å². The van der Waals surface area contributed by atoms with Crippen LogP contribution in [0.15, 0.2) is 24.3 Å². The molecule has 0 saturated carbocycles. The van der Waals surface area contributed by atoms with E-state index in [-0.39, 0.29) is 18.2 Å². The van der Waals surface area contributed by atoms with E-state index >= 15 is 0 Å². The summed E-state index contributed by atoms with van der Waals surface area (Å²) in [7, 11) is 0. The lowest BCUT2D eigenvalue weighted by molar-refractivity contribution is -0.378. The Kier molecular flexibility index (Phi) is 5.07. The van der Waals surface area contributed by atoms with Crippen LogP contribution in [0.5, 0.6) is 0 Å². The predicted molar refractivity (Wildman–Crippen MR) is 58.5 cm³/mol. The zero-order valence-electron chi connectivity index (χ0n) is 11.7. The van der Waals surface area contributed by atoms with Gasteiger partial charge in [0.1, 0.15) is 0 Å². The van der Waals surface area contributed by atoms with E-state index in [0.717, 1.165) is 0 Å². The summed E-state index contributed by atoms with van der Waals surface area (Å²) >= 11 is 0. The molecular weight excluding hydrogens is 404 g/mol. The molecule has 0 aromatic heterocycles. The maximum atomic E-state index is 12.7. The van der Waals surface area contributed by atoms with E-state index < -0.39 is 53.1 Å². The van der Waals surface area contributed by atoms with Gasteiger partial charge in [0.05, 0.1) is 0 Å². The van der Waals surface area contributed by atoms with Crippen molar-refractivity contribution in [1.82, 2.24) is 0 Å². The fraction of sp³-hybridized carbons (Fsp3) is 0.500. The molecule has 0 aliphatic rings. The Morgan fingerprint density at radius 1 is 0.500 bits per heavy atom. The summed E-state index contributed by atoms with van der Waals surface area (Å²) in [6.45, 7) is 0. The molecule has 2 N–H and O–H groups in total. The van der Waals surface area contributed by atoms with Gasteiger partial charge in [-0.1, -0.05) is 18.2 Å². The van der Waals surface area contributed by atoms with Gasteiger partial charge in [-0.05, 0) is 6.07 Å². The summed E-state index contributed by atoms with van der Waals surface area (Å²) in [5.41, 5.74) is -16.3. The smallest absolute Gasteiger partial charge is 0.369 e. The largest absolute Gasteiger partial charge is 0.430 e. The molecule has 1 aromatic rings. The highest BCUT2D eigenvalue weighted by molar-refractivity contribution is 5.36. The third kappa shape index (κ3) is 3.19. The zero-order valence-corrected chi connectivity index (χ0v) is 11.7. The number of aliphatic hydroxyl groups is 2. The Bertz CT molecular complexity index is 571. The van der Waals surface area contributed by atoms with Crippen molar-refractivity contribution >= 4 is 0 Å². The van der Waals surface area contributed by atoms with Crippen LogP contribution in [-0.2, 0) is 11.2 Å². The monoisotopic (exact) mass is 410 g/mol. The average Bonchev–Trinajstić information content (AvgIpc) is 2.40. The maximum Gasteiger partial charge on any atom is 0.430 e. The minimum atomic E-state index is -6.54. The van der Waals surface area contributed by atoms with Crippen LogP contribution < -0.4 is 0 Å². The second-order valence-electron chi connectivity index (χ2n) is 4.99. The first-order valence-electron chi connectivity index (χ1n) is 6.04. The fourth-order valence-electron chi connectivity index (χ4n) is 1.95. The normalized spacial score (nSPS) is 15.3. The van der Waals surface area contributed by atoms with Crippen molar-refractivity contribution in [3.05, 3.63) is 35.4 Å². The van der Waals surface area contributed by atoms with Gasteiger partial charge >= 0.3 is 24.7 Å². The minimum absolute atomic E-state index is 0.0322. The van der Waals surface area contributed by atoms with E-state index in [4.69, 9.17) is 10.2 Å². The summed E-state index contributed by atoms with van der Waals surface area (Å²) in [5.74, 6) is 0. The zero-order chi connectivity index (χ0) is 21.0. The molecule has 150 valence electrons. The lowest BCUT2D eigenvalue weighted by Gasteiger charge is -2.35. The molecule has 26 heavy (non-hydrogen) atoms. The minimum Gasteiger partial charge on any atom is -0.369 e. The van der Waals surface area contributed by atoms with Gasteiger partial charge in [0.2, 0.25) is 0 Å². The van der Waals surface area contributed by atoms with Crippen molar-refractivity contribution in [1.29, 1.82) is 0 Å². The van der Waals surface area contributed by atoms with E-state index in [2.05, 4.69) is 0 Å². The lowest BCUT2D eigenvalue weighted by atomic mass is 9.85. The Morgan fingerprint density at radius 2 is 0.731 bits per heavy atom. The third-order valence-electron chi connectivity index (χ3n) is 3.34. The molecule has 0 heterocycles. The van der Waals surface area contributed by atoms with Crippen molar-refractivity contribution < 1.29 is 62.9 Å². The van der Waals surface area contributed by atoms with Gasteiger partial charge in [-0.15, -0.1) is 0 Å². The average molecular weight is 410 g/mol. The van der Waals surface area contributed by atoms with Gasteiger partial charge in [-0.2, -0.15) is 52.7 Å². The number of rotatable bonds is 2. The molecule has 14 heteroatoms. The standard InChI is InChI=1S/C12H6F12O2/c13-9(14,15)7(25,10(16,17)18)5-2-1-3-6(4-5)8(26,11(19,20)21)12(22,23)24/h1-4,25-26H. The molecule has 0 amide bonds. The molecule has 0 aliphatic carbocycles. The van der Waals surface area contributed by atoms with Gasteiger partial charge in [-0.3, -0.25) is 0 Å². The summed E-state index contributed by atoms with van der Waals surface area (Å²) in [5, 5.41) is 18.1. The number of hydrogen-bond donors (Lipinski definition) is 2. The van der Waals surface area contributed by atoms with Crippen LogP contribution in [0.4, 0.5) is 52.7 Å². The Hall–Kier alpha value is -1.70. The molecule has 0 saturated heterocycles. The molecule has 0 bridgehead atoms. The molecule has 0 radical (unpaired) electrons. The van der Waals surface area contributed by atoms with E-state index in [1.807, 2.05) is 0 Å².